The molecule has 3 atom stereocenters. The van der Waals surface area contributed by atoms with Crippen molar-refractivity contribution in [2.75, 3.05) is 0 Å². The number of benzene rings is 2. The Morgan fingerprint density at radius 3 is 2.24 bits per heavy atom. The average molecular weight is 529 g/mol. The van der Waals surface area contributed by atoms with E-state index in [0.717, 1.165) is 34.4 Å². The zero-order valence-corrected chi connectivity index (χ0v) is 21.9. The van der Waals surface area contributed by atoms with Crippen LogP contribution >= 0.6 is 11.3 Å². The highest BCUT2D eigenvalue weighted by atomic mass is 32.1. The van der Waals surface area contributed by atoms with E-state index < -0.39 is 22.9 Å². The molecule has 0 unspecified atom stereocenters. The zero-order chi connectivity index (χ0) is 26.9. The summed E-state index contributed by atoms with van der Waals surface area (Å²) >= 11 is 1.58. The van der Waals surface area contributed by atoms with Crippen molar-refractivity contribution in [3.8, 4) is 11.1 Å². The number of hydrogen-bond acceptors (Lipinski definition) is 5. The van der Waals surface area contributed by atoms with Gasteiger partial charge in [0, 0.05) is 29.3 Å². The quantitative estimate of drug-likeness (QED) is 0.286. The van der Waals surface area contributed by atoms with E-state index in [2.05, 4.69) is 17.2 Å². The van der Waals surface area contributed by atoms with Crippen molar-refractivity contribution >= 4 is 29.1 Å². The molecule has 6 N–H and O–H groups in total. The molecule has 0 radical (unpaired) electrons. The monoisotopic (exact) mass is 528 g/mol. The minimum absolute atomic E-state index is 0.0679. The molecule has 2 aliphatic carbocycles. The van der Waals surface area contributed by atoms with Crippen LogP contribution in [0.3, 0.4) is 0 Å². The zero-order valence-electron chi connectivity index (χ0n) is 21.1. The number of amides is 3. The molecule has 2 aliphatic rings. The first-order valence-electron chi connectivity index (χ1n) is 12.8. The Balaban J connectivity index is 1.30. The maximum Gasteiger partial charge on any atom is 0.247 e. The number of allylic oxidation sites excluding steroid dienone is 1. The molecule has 7 nitrogen and oxygen atoms in total. The Morgan fingerprint density at radius 1 is 0.974 bits per heavy atom. The molecule has 1 aromatic heterocycles. The van der Waals surface area contributed by atoms with Crippen LogP contribution in [-0.4, -0.2) is 29.3 Å². The molecule has 1 heterocycles. The Bertz CT molecular complexity index is 1350. The first-order valence-corrected chi connectivity index (χ1v) is 13.6. The lowest BCUT2D eigenvalue weighted by atomic mass is 9.98. The predicted octanol–water partition coefficient (Wildman–Crippen LogP) is 3.61. The van der Waals surface area contributed by atoms with Gasteiger partial charge in [0.05, 0.1) is 5.41 Å². The minimum atomic E-state index is -0.958. The summed E-state index contributed by atoms with van der Waals surface area (Å²) in [5, 5.41) is 8.21. The third-order valence-electron chi connectivity index (χ3n) is 7.73. The summed E-state index contributed by atoms with van der Waals surface area (Å²) in [5.74, 6) is -1.30. The van der Waals surface area contributed by atoms with Crippen LogP contribution in [-0.2, 0) is 20.8 Å². The highest BCUT2D eigenvalue weighted by Crippen LogP contribution is 2.55. The molecule has 8 heteroatoms. The Hall–Kier alpha value is -3.91. The first kappa shape index (κ1) is 25.7. The van der Waals surface area contributed by atoms with Gasteiger partial charge < -0.3 is 22.1 Å². The number of primary amides is 2. The highest BCUT2D eigenvalue weighted by Gasteiger charge is 2.62. The van der Waals surface area contributed by atoms with Crippen molar-refractivity contribution in [1.82, 2.24) is 10.6 Å². The summed E-state index contributed by atoms with van der Waals surface area (Å²) in [7, 11) is 0. The molecule has 2 aromatic carbocycles. The van der Waals surface area contributed by atoms with E-state index in [1.165, 1.54) is 0 Å². The lowest BCUT2D eigenvalue weighted by molar-refractivity contribution is -0.129. The van der Waals surface area contributed by atoms with E-state index in [4.69, 9.17) is 11.5 Å². The van der Waals surface area contributed by atoms with Gasteiger partial charge in [0.1, 0.15) is 11.6 Å². The van der Waals surface area contributed by atoms with Crippen molar-refractivity contribution in [1.29, 1.82) is 0 Å². The lowest BCUT2D eigenvalue weighted by Gasteiger charge is -2.25. The van der Waals surface area contributed by atoms with Crippen molar-refractivity contribution in [2.45, 2.75) is 49.6 Å². The smallest absolute Gasteiger partial charge is 0.247 e. The van der Waals surface area contributed by atoms with Gasteiger partial charge in [0.2, 0.25) is 17.7 Å². The molecule has 196 valence electrons. The van der Waals surface area contributed by atoms with Gasteiger partial charge in [-0.25, -0.2) is 0 Å². The molecule has 0 bridgehead atoms. The van der Waals surface area contributed by atoms with Crippen LogP contribution < -0.4 is 22.1 Å². The molecule has 0 saturated heterocycles. The molecular formula is C30H32N4O3S. The van der Waals surface area contributed by atoms with Crippen LogP contribution in [0.4, 0.5) is 0 Å². The van der Waals surface area contributed by atoms with Gasteiger partial charge in [0.15, 0.2) is 0 Å². The fourth-order valence-corrected chi connectivity index (χ4v) is 6.10. The topological polar surface area (TPSA) is 127 Å². The molecule has 38 heavy (non-hydrogen) atoms. The number of nitrogens with one attached hydrogen (secondary N) is 2. The number of thiophene rings is 1. The van der Waals surface area contributed by atoms with Crippen molar-refractivity contribution in [3.05, 3.63) is 94.8 Å². The van der Waals surface area contributed by atoms with E-state index in [1.54, 1.807) is 11.3 Å². The largest absolute Gasteiger partial charge is 0.374 e. The lowest BCUT2D eigenvalue weighted by Crippen LogP contribution is -2.54. The standard InChI is InChI=1S/C30H32N4O3S/c1-19(17-29(13-14-29)27(32)36)34-30(18-23(30)25-8-5-15-38-25)28(37)33-24(26(31)35)16-20-9-11-22(12-10-20)21-6-3-2-4-7-21/h2-12,15,23-24,34H,1,13-14,16-18H2,(H2,31,35)(H2,32,36)(H,33,37)/t23-,24+,30+/m1/s1. The number of carbonyl (C=O) groups is 3. The van der Waals surface area contributed by atoms with Crippen LogP contribution in [0.25, 0.3) is 11.1 Å². The summed E-state index contributed by atoms with van der Waals surface area (Å²) in [5.41, 5.74) is 13.5. The number of carbonyl (C=O) groups excluding carboxylic acids is 3. The van der Waals surface area contributed by atoms with E-state index >= 15 is 0 Å². The van der Waals surface area contributed by atoms with Crippen LogP contribution in [0.2, 0.25) is 0 Å². The second-order valence-electron chi connectivity index (χ2n) is 10.5. The van der Waals surface area contributed by atoms with Crippen LogP contribution in [0.5, 0.6) is 0 Å². The molecule has 5 rings (SSSR count). The van der Waals surface area contributed by atoms with Gasteiger partial charge in [-0.05, 0) is 47.4 Å². The fraction of sp³-hybridized carbons (Fsp3) is 0.300. The third-order valence-corrected chi connectivity index (χ3v) is 8.72. The van der Waals surface area contributed by atoms with Crippen molar-refractivity contribution in [3.63, 3.8) is 0 Å². The SMILES string of the molecule is C=C(CC1(C(N)=O)CC1)N[C@@]1(C(=O)N[C@@H](Cc2ccc(-c3ccccc3)cc2)C(N)=O)C[C@@H]1c1cccs1. The second-order valence-corrected chi connectivity index (χ2v) is 11.5. The normalized spacial score (nSPS) is 21.6. The molecular weight excluding hydrogens is 496 g/mol. The van der Waals surface area contributed by atoms with Gasteiger partial charge in [-0.15, -0.1) is 11.3 Å². The highest BCUT2D eigenvalue weighted by molar-refractivity contribution is 7.10. The summed E-state index contributed by atoms with van der Waals surface area (Å²) < 4.78 is 0. The summed E-state index contributed by atoms with van der Waals surface area (Å²) in [4.78, 5) is 39.1. The van der Waals surface area contributed by atoms with E-state index in [-0.39, 0.29) is 24.2 Å². The third kappa shape index (κ3) is 5.22. The number of hydrogen-bond donors (Lipinski definition) is 4. The number of nitrogens with two attached hydrogens (primary N) is 2. The van der Waals surface area contributed by atoms with Crippen LogP contribution in [0, 0.1) is 5.41 Å². The van der Waals surface area contributed by atoms with E-state index in [0.29, 0.717) is 18.5 Å². The molecule has 0 spiro atoms. The summed E-state index contributed by atoms with van der Waals surface area (Å²) in [6, 6.07) is 21.0. The van der Waals surface area contributed by atoms with Crippen molar-refractivity contribution in [2.24, 2.45) is 16.9 Å². The second kappa shape index (κ2) is 10.1. The fourth-order valence-electron chi connectivity index (χ4n) is 5.18. The predicted molar refractivity (Wildman–Crippen MR) is 149 cm³/mol. The van der Waals surface area contributed by atoms with Crippen molar-refractivity contribution < 1.29 is 14.4 Å². The molecule has 3 aromatic rings. The van der Waals surface area contributed by atoms with E-state index in [1.807, 2.05) is 72.1 Å². The maximum atomic E-state index is 13.7. The Morgan fingerprint density at radius 2 is 1.66 bits per heavy atom. The summed E-state index contributed by atoms with van der Waals surface area (Å²) in [6.07, 6.45) is 2.68. The Labute approximate surface area is 226 Å². The minimum Gasteiger partial charge on any atom is -0.374 e. The van der Waals surface area contributed by atoms with Crippen LogP contribution in [0.15, 0.2) is 84.4 Å². The average Bonchev–Trinajstić information content (AvgIpc) is 3.78. The van der Waals surface area contributed by atoms with E-state index in [9.17, 15) is 14.4 Å². The first-order chi connectivity index (χ1) is 18.2. The van der Waals surface area contributed by atoms with Gasteiger partial charge in [-0.3, -0.25) is 14.4 Å². The molecule has 3 amide bonds. The molecule has 2 fully saturated rings. The van der Waals surface area contributed by atoms with Gasteiger partial charge in [0.25, 0.3) is 0 Å². The Kier molecular flexibility index (Phi) is 6.84. The molecule has 2 saturated carbocycles. The van der Waals surface area contributed by atoms with Crippen LogP contribution in [0.1, 0.15) is 42.0 Å². The molecule has 0 aliphatic heterocycles. The maximum absolute atomic E-state index is 13.7. The summed E-state index contributed by atoms with van der Waals surface area (Å²) in [6.45, 7) is 4.11. The number of rotatable bonds is 12. The van der Waals surface area contributed by atoms with Gasteiger partial charge >= 0.3 is 0 Å². The van der Waals surface area contributed by atoms with Gasteiger partial charge in [-0.1, -0.05) is 67.2 Å². The van der Waals surface area contributed by atoms with Gasteiger partial charge in [-0.2, -0.15) is 0 Å².